The second-order valence-corrected chi connectivity index (χ2v) is 7.67. The number of hydrogen-bond acceptors (Lipinski definition) is 5. The standard InChI is InChI=1S/C22H24N4O3S/c1-2-3-13-26-20(28)17-11-7-8-12-18(17)24-22(26)30-15-19(27)25-21(29)23-14-16-9-5-4-6-10-16/h4-12H,2-3,13-15H2,1H3,(H2,23,25,27,29). The van der Waals surface area contributed by atoms with Crippen LogP contribution in [-0.2, 0) is 17.9 Å². The Labute approximate surface area is 178 Å². The smallest absolute Gasteiger partial charge is 0.321 e. The summed E-state index contributed by atoms with van der Waals surface area (Å²) >= 11 is 1.15. The van der Waals surface area contributed by atoms with Crippen molar-refractivity contribution in [2.75, 3.05) is 5.75 Å². The van der Waals surface area contributed by atoms with Crippen molar-refractivity contribution in [3.05, 3.63) is 70.5 Å². The summed E-state index contributed by atoms with van der Waals surface area (Å²) < 4.78 is 1.61. The summed E-state index contributed by atoms with van der Waals surface area (Å²) in [5.41, 5.74) is 1.42. The third-order valence-corrected chi connectivity index (χ3v) is 5.42. The Morgan fingerprint density at radius 3 is 2.57 bits per heavy atom. The van der Waals surface area contributed by atoms with Crippen LogP contribution in [-0.4, -0.2) is 27.2 Å². The van der Waals surface area contributed by atoms with Crippen LogP contribution in [0.25, 0.3) is 10.9 Å². The van der Waals surface area contributed by atoms with Gasteiger partial charge in [0.2, 0.25) is 5.91 Å². The molecule has 2 N–H and O–H groups in total. The number of aromatic nitrogens is 2. The van der Waals surface area contributed by atoms with E-state index in [9.17, 15) is 14.4 Å². The molecule has 0 bridgehead atoms. The van der Waals surface area contributed by atoms with Crippen molar-refractivity contribution in [2.24, 2.45) is 0 Å². The predicted molar refractivity (Wildman–Crippen MR) is 118 cm³/mol. The molecule has 0 radical (unpaired) electrons. The quantitative estimate of drug-likeness (QED) is 0.427. The first-order chi connectivity index (χ1) is 14.6. The van der Waals surface area contributed by atoms with Crippen molar-refractivity contribution in [1.82, 2.24) is 20.2 Å². The summed E-state index contributed by atoms with van der Waals surface area (Å²) in [4.78, 5) is 41.6. The van der Waals surface area contributed by atoms with E-state index < -0.39 is 11.9 Å². The average molecular weight is 425 g/mol. The lowest BCUT2D eigenvalue weighted by Crippen LogP contribution is -2.40. The Kier molecular flexibility index (Phi) is 7.62. The maximum Gasteiger partial charge on any atom is 0.321 e. The minimum absolute atomic E-state index is 0.0182. The van der Waals surface area contributed by atoms with Crippen molar-refractivity contribution in [1.29, 1.82) is 0 Å². The summed E-state index contributed by atoms with van der Waals surface area (Å²) in [7, 11) is 0. The molecule has 0 atom stereocenters. The number of nitrogens with zero attached hydrogens (tertiary/aromatic N) is 2. The van der Waals surface area contributed by atoms with E-state index in [-0.39, 0.29) is 11.3 Å². The number of hydrogen-bond donors (Lipinski definition) is 2. The molecular weight excluding hydrogens is 400 g/mol. The molecule has 0 saturated carbocycles. The highest BCUT2D eigenvalue weighted by Gasteiger charge is 2.14. The van der Waals surface area contributed by atoms with Crippen molar-refractivity contribution in [2.45, 2.75) is 38.0 Å². The van der Waals surface area contributed by atoms with Crippen molar-refractivity contribution < 1.29 is 9.59 Å². The lowest BCUT2D eigenvalue weighted by molar-refractivity contribution is -0.117. The van der Waals surface area contributed by atoms with Gasteiger partial charge in [0.15, 0.2) is 5.16 Å². The fourth-order valence-corrected chi connectivity index (χ4v) is 3.71. The molecule has 0 aliphatic heterocycles. The van der Waals surface area contributed by atoms with Gasteiger partial charge in [0.25, 0.3) is 5.56 Å². The van der Waals surface area contributed by atoms with Crippen LogP contribution >= 0.6 is 11.8 Å². The van der Waals surface area contributed by atoms with Gasteiger partial charge in [0.05, 0.1) is 16.7 Å². The zero-order chi connectivity index (χ0) is 21.3. The van der Waals surface area contributed by atoms with Crippen LogP contribution in [0.5, 0.6) is 0 Å². The molecule has 0 saturated heterocycles. The number of carbonyl (C=O) groups excluding carboxylic acids is 2. The van der Waals surface area contributed by atoms with E-state index in [1.807, 2.05) is 49.4 Å². The first-order valence-corrected chi connectivity index (χ1v) is 10.8. The molecule has 30 heavy (non-hydrogen) atoms. The molecule has 3 rings (SSSR count). The van der Waals surface area contributed by atoms with Crippen LogP contribution in [0, 0.1) is 0 Å². The average Bonchev–Trinajstić information content (AvgIpc) is 2.76. The number of urea groups is 1. The Balaban J connectivity index is 1.63. The lowest BCUT2D eigenvalue weighted by atomic mass is 10.2. The minimum atomic E-state index is -0.556. The third-order valence-electron chi connectivity index (χ3n) is 4.44. The van der Waals surface area contributed by atoms with Gasteiger partial charge in [-0.2, -0.15) is 0 Å². The summed E-state index contributed by atoms with van der Waals surface area (Å²) in [5, 5.41) is 6.00. The van der Waals surface area contributed by atoms with E-state index in [2.05, 4.69) is 15.6 Å². The van der Waals surface area contributed by atoms with E-state index in [1.54, 1.807) is 16.7 Å². The normalized spacial score (nSPS) is 10.7. The number of amides is 3. The van der Waals surface area contributed by atoms with Crippen LogP contribution in [0.4, 0.5) is 4.79 Å². The molecular formula is C22H24N4O3S. The maximum atomic E-state index is 12.8. The number of carbonyl (C=O) groups is 2. The monoisotopic (exact) mass is 424 g/mol. The van der Waals surface area contributed by atoms with Gasteiger partial charge in [-0.15, -0.1) is 0 Å². The predicted octanol–water partition coefficient (Wildman–Crippen LogP) is 3.31. The summed E-state index contributed by atoms with van der Waals surface area (Å²) in [6.07, 6.45) is 1.77. The van der Waals surface area contributed by atoms with Crippen LogP contribution in [0.2, 0.25) is 0 Å². The number of para-hydroxylation sites is 1. The van der Waals surface area contributed by atoms with Gasteiger partial charge in [-0.25, -0.2) is 9.78 Å². The van der Waals surface area contributed by atoms with Gasteiger partial charge in [0.1, 0.15) is 0 Å². The number of thioether (sulfide) groups is 1. The van der Waals surface area contributed by atoms with E-state index in [0.29, 0.717) is 29.1 Å². The van der Waals surface area contributed by atoms with E-state index in [4.69, 9.17) is 0 Å². The van der Waals surface area contributed by atoms with Crippen molar-refractivity contribution in [3.8, 4) is 0 Å². The summed E-state index contributed by atoms with van der Waals surface area (Å²) in [6.45, 7) is 2.92. The molecule has 156 valence electrons. The van der Waals surface area contributed by atoms with Gasteiger partial charge in [-0.3, -0.25) is 19.5 Å². The molecule has 0 spiro atoms. The zero-order valence-electron chi connectivity index (χ0n) is 16.8. The number of unbranched alkanes of at least 4 members (excludes halogenated alkanes) is 1. The number of fused-ring (bicyclic) bond motifs is 1. The Morgan fingerprint density at radius 2 is 1.80 bits per heavy atom. The minimum Gasteiger partial charge on any atom is -0.334 e. The van der Waals surface area contributed by atoms with E-state index >= 15 is 0 Å². The van der Waals surface area contributed by atoms with Crippen LogP contribution in [0.3, 0.4) is 0 Å². The van der Waals surface area contributed by atoms with Gasteiger partial charge in [0, 0.05) is 13.1 Å². The highest BCUT2D eigenvalue weighted by molar-refractivity contribution is 7.99. The van der Waals surface area contributed by atoms with E-state index in [0.717, 1.165) is 30.2 Å². The number of benzene rings is 2. The highest BCUT2D eigenvalue weighted by Crippen LogP contribution is 2.18. The second kappa shape index (κ2) is 10.6. The first kappa shape index (κ1) is 21.6. The molecule has 0 unspecified atom stereocenters. The Bertz CT molecular complexity index is 1080. The zero-order valence-corrected chi connectivity index (χ0v) is 17.6. The number of nitrogens with one attached hydrogen (secondary N) is 2. The van der Waals surface area contributed by atoms with E-state index in [1.165, 1.54) is 0 Å². The molecule has 3 amide bonds. The van der Waals surface area contributed by atoms with Gasteiger partial charge < -0.3 is 5.32 Å². The Morgan fingerprint density at radius 1 is 1.07 bits per heavy atom. The largest absolute Gasteiger partial charge is 0.334 e. The number of rotatable bonds is 8. The first-order valence-electron chi connectivity index (χ1n) is 9.82. The second-order valence-electron chi connectivity index (χ2n) is 6.73. The summed E-state index contributed by atoms with van der Waals surface area (Å²) in [6, 6.07) is 16.0. The van der Waals surface area contributed by atoms with Gasteiger partial charge in [-0.1, -0.05) is 67.6 Å². The fraction of sp³-hybridized carbons (Fsp3) is 0.273. The van der Waals surface area contributed by atoms with Crippen LogP contribution < -0.4 is 16.2 Å². The van der Waals surface area contributed by atoms with Gasteiger partial charge >= 0.3 is 6.03 Å². The maximum absolute atomic E-state index is 12.8. The van der Waals surface area contributed by atoms with Crippen molar-refractivity contribution in [3.63, 3.8) is 0 Å². The van der Waals surface area contributed by atoms with Crippen LogP contribution in [0.15, 0.2) is 64.5 Å². The summed E-state index contributed by atoms with van der Waals surface area (Å²) in [5.74, 6) is -0.467. The molecule has 8 heteroatoms. The Hall–Kier alpha value is -3.13. The molecule has 7 nitrogen and oxygen atoms in total. The third kappa shape index (κ3) is 5.70. The lowest BCUT2D eigenvalue weighted by Gasteiger charge is -2.12. The SMILES string of the molecule is CCCCn1c(SCC(=O)NC(=O)NCc2ccccc2)nc2ccccc2c1=O. The van der Waals surface area contributed by atoms with Crippen molar-refractivity contribution >= 4 is 34.6 Å². The topological polar surface area (TPSA) is 93.1 Å². The molecule has 1 heterocycles. The molecule has 1 aromatic heterocycles. The molecule has 0 aliphatic rings. The molecule has 0 aliphatic carbocycles. The highest BCUT2D eigenvalue weighted by atomic mass is 32.2. The number of imide groups is 1. The molecule has 2 aromatic carbocycles. The fourth-order valence-electron chi connectivity index (χ4n) is 2.89. The molecule has 0 fully saturated rings. The van der Waals surface area contributed by atoms with Gasteiger partial charge in [-0.05, 0) is 24.1 Å². The molecule has 3 aromatic rings. The van der Waals surface area contributed by atoms with Crippen LogP contribution in [0.1, 0.15) is 25.3 Å².